The van der Waals surface area contributed by atoms with Crippen LogP contribution in [-0.2, 0) is 0 Å². The first-order valence-corrected chi connectivity index (χ1v) is 5.26. The molecule has 5 heteroatoms. The summed E-state index contributed by atoms with van der Waals surface area (Å²) in [6.07, 6.45) is 0. The maximum Gasteiger partial charge on any atom is 0.0763 e. The largest absolute Gasteiger partial charge is 0.397 e. The summed E-state index contributed by atoms with van der Waals surface area (Å²) < 4.78 is 0. The van der Waals surface area contributed by atoms with Crippen LogP contribution in [0, 0.1) is 0 Å². The molecule has 0 heterocycles. The Hall–Kier alpha value is -0.640. The maximum absolute atomic E-state index is 9.53. The average Bonchev–Trinajstić information content (AvgIpc) is 2.07. The number of anilines is 2. The van der Waals surface area contributed by atoms with Crippen LogP contribution in [-0.4, -0.2) is 17.3 Å². The molecule has 84 valence electrons. The number of nitrogen functional groups attached to an aromatic ring is 1. The summed E-state index contributed by atoms with van der Waals surface area (Å²) in [5.74, 6) is 0. The number of aliphatic hydroxyl groups is 1. The van der Waals surface area contributed by atoms with Gasteiger partial charge in [-0.2, -0.15) is 0 Å². The van der Waals surface area contributed by atoms with Gasteiger partial charge in [-0.25, -0.2) is 0 Å². The first-order chi connectivity index (χ1) is 6.79. The van der Waals surface area contributed by atoms with Crippen molar-refractivity contribution in [3.05, 3.63) is 22.2 Å². The van der Waals surface area contributed by atoms with Gasteiger partial charge in [0.2, 0.25) is 0 Å². The average molecular weight is 249 g/mol. The van der Waals surface area contributed by atoms with E-state index in [4.69, 9.17) is 28.9 Å². The third-order valence-corrected chi connectivity index (χ3v) is 2.53. The fraction of sp³-hybridized carbons (Fsp3) is 0.400. The number of hydrogen-bond acceptors (Lipinski definition) is 3. The first kappa shape index (κ1) is 12.4. The third-order valence-electron chi connectivity index (χ3n) is 1.80. The Balaban J connectivity index is 2.82. The molecule has 1 aromatic carbocycles. The molecule has 15 heavy (non-hydrogen) atoms. The second-order valence-corrected chi connectivity index (χ2v) is 4.83. The molecule has 0 saturated heterocycles. The lowest BCUT2D eigenvalue weighted by Crippen LogP contribution is -2.29. The molecule has 1 aromatic rings. The van der Waals surface area contributed by atoms with Gasteiger partial charge in [-0.1, -0.05) is 23.2 Å². The normalized spacial score (nSPS) is 11.5. The smallest absolute Gasteiger partial charge is 0.0763 e. The van der Waals surface area contributed by atoms with Crippen LogP contribution >= 0.6 is 23.2 Å². The Morgan fingerprint density at radius 2 is 1.87 bits per heavy atom. The molecule has 4 N–H and O–H groups in total. The van der Waals surface area contributed by atoms with Crippen LogP contribution < -0.4 is 11.1 Å². The maximum atomic E-state index is 9.53. The minimum atomic E-state index is -0.807. The Morgan fingerprint density at radius 1 is 1.33 bits per heavy atom. The van der Waals surface area contributed by atoms with Crippen molar-refractivity contribution in [2.24, 2.45) is 0 Å². The molecule has 0 spiro atoms. The van der Waals surface area contributed by atoms with E-state index in [0.717, 1.165) is 0 Å². The van der Waals surface area contributed by atoms with Crippen molar-refractivity contribution in [1.29, 1.82) is 0 Å². The molecule has 0 aromatic heterocycles. The van der Waals surface area contributed by atoms with Crippen LogP contribution in [0.1, 0.15) is 13.8 Å². The van der Waals surface area contributed by atoms with Gasteiger partial charge in [0.1, 0.15) is 0 Å². The molecule has 0 amide bonds. The zero-order chi connectivity index (χ0) is 11.6. The monoisotopic (exact) mass is 248 g/mol. The van der Waals surface area contributed by atoms with Crippen molar-refractivity contribution in [3.63, 3.8) is 0 Å². The second kappa shape index (κ2) is 4.47. The zero-order valence-corrected chi connectivity index (χ0v) is 10.2. The van der Waals surface area contributed by atoms with E-state index in [1.807, 2.05) is 0 Å². The van der Waals surface area contributed by atoms with E-state index in [-0.39, 0.29) is 0 Å². The Morgan fingerprint density at radius 3 is 2.40 bits per heavy atom. The Kier molecular flexibility index (Phi) is 3.71. The van der Waals surface area contributed by atoms with Gasteiger partial charge in [0.15, 0.2) is 0 Å². The zero-order valence-electron chi connectivity index (χ0n) is 8.64. The van der Waals surface area contributed by atoms with Crippen LogP contribution in [0.25, 0.3) is 0 Å². The lowest BCUT2D eigenvalue weighted by molar-refractivity contribution is 0.0945. The summed E-state index contributed by atoms with van der Waals surface area (Å²) in [5.41, 5.74) is 6.11. The lowest BCUT2D eigenvalue weighted by atomic mass is 10.1. The predicted octanol–water partition coefficient (Wildman–Crippen LogP) is 2.76. The van der Waals surface area contributed by atoms with Gasteiger partial charge in [-0.15, -0.1) is 0 Å². The van der Waals surface area contributed by atoms with Crippen LogP contribution in [0.3, 0.4) is 0 Å². The number of hydrogen-bond donors (Lipinski definition) is 3. The van der Waals surface area contributed by atoms with Crippen LogP contribution in [0.4, 0.5) is 11.4 Å². The molecule has 0 aliphatic rings. The van der Waals surface area contributed by atoms with Gasteiger partial charge in [0, 0.05) is 6.54 Å². The van der Waals surface area contributed by atoms with Crippen LogP contribution in [0.15, 0.2) is 12.1 Å². The fourth-order valence-corrected chi connectivity index (χ4v) is 1.36. The minimum Gasteiger partial charge on any atom is -0.397 e. The Bertz CT molecular complexity index is 361. The van der Waals surface area contributed by atoms with Crippen molar-refractivity contribution < 1.29 is 5.11 Å². The highest BCUT2D eigenvalue weighted by molar-refractivity contribution is 6.42. The quantitative estimate of drug-likeness (QED) is 0.722. The number of rotatable bonds is 3. The molecule has 1 rings (SSSR count). The number of nitrogens with one attached hydrogen (secondary N) is 1. The molecule has 0 radical (unpaired) electrons. The van der Waals surface area contributed by atoms with E-state index in [1.165, 1.54) is 0 Å². The van der Waals surface area contributed by atoms with E-state index in [0.29, 0.717) is 28.0 Å². The summed E-state index contributed by atoms with van der Waals surface area (Å²) in [5, 5.41) is 13.4. The fourth-order valence-electron chi connectivity index (χ4n) is 1.03. The van der Waals surface area contributed by atoms with E-state index in [2.05, 4.69) is 5.32 Å². The molecule has 0 atom stereocenters. The van der Waals surface area contributed by atoms with Crippen LogP contribution in [0.5, 0.6) is 0 Å². The predicted molar refractivity (Wildman–Crippen MR) is 65.7 cm³/mol. The van der Waals surface area contributed by atoms with E-state index in [9.17, 15) is 5.11 Å². The minimum absolute atomic E-state index is 0.384. The van der Waals surface area contributed by atoms with Crippen LogP contribution in [0.2, 0.25) is 10.0 Å². The lowest BCUT2D eigenvalue weighted by Gasteiger charge is -2.19. The van der Waals surface area contributed by atoms with Gasteiger partial charge in [-0.05, 0) is 26.0 Å². The topological polar surface area (TPSA) is 58.3 Å². The first-order valence-electron chi connectivity index (χ1n) is 4.50. The van der Waals surface area contributed by atoms with Gasteiger partial charge in [0.05, 0.1) is 27.0 Å². The van der Waals surface area contributed by atoms with Gasteiger partial charge in [-0.3, -0.25) is 0 Å². The third kappa shape index (κ3) is 3.78. The van der Waals surface area contributed by atoms with Crippen molar-refractivity contribution in [3.8, 4) is 0 Å². The molecule has 0 bridgehead atoms. The molecular weight excluding hydrogens is 235 g/mol. The van der Waals surface area contributed by atoms with E-state index in [1.54, 1.807) is 26.0 Å². The van der Waals surface area contributed by atoms with Gasteiger partial charge >= 0.3 is 0 Å². The molecule has 0 unspecified atom stereocenters. The van der Waals surface area contributed by atoms with Crippen molar-refractivity contribution in [2.75, 3.05) is 17.6 Å². The summed E-state index contributed by atoms with van der Waals surface area (Å²) >= 11 is 11.6. The molecule has 0 fully saturated rings. The number of nitrogens with two attached hydrogens (primary N) is 1. The van der Waals surface area contributed by atoms with E-state index < -0.39 is 5.60 Å². The highest BCUT2D eigenvalue weighted by Gasteiger charge is 2.13. The van der Waals surface area contributed by atoms with E-state index >= 15 is 0 Å². The van der Waals surface area contributed by atoms with Crippen molar-refractivity contribution in [1.82, 2.24) is 0 Å². The summed E-state index contributed by atoms with van der Waals surface area (Å²) in [6, 6.07) is 3.22. The molecule has 3 nitrogen and oxygen atoms in total. The highest BCUT2D eigenvalue weighted by atomic mass is 35.5. The van der Waals surface area contributed by atoms with Gasteiger partial charge < -0.3 is 16.2 Å². The Labute approximate surface area is 99.2 Å². The number of benzene rings is 1. The summed E-state index contributed by atoms with van der Waals surface area (Å²) in [7, 11) is 0. The highest BCUT2D eigenvalue weighted by Crippen LogP contribution is 2.30. The molecule has 0 aliphatic carbocycles. The summed E-state index contributed by atoms with van der Waals surface area (Å²) in [6.45, 7) is 3.79. The molecule has 0 saturated carbocycles. The molecular formula is C10H14Cl2N2O. The summed E-state index contributed by atoms with van der Waals surface area (Å²) in [4.78, 5) is 0. The van der Waals surface area contributed by atoms with Gasteiger partial charge in [0.25, 0.3) is 0 Å². The number of halogens is 2. The van der Waals surface area contributed by atoms with Crippen molar-refractivity contribution >= 4 is 34.6 Å². The van der Waals surface area contributed by atoms with Crippen molar-refractivity contribution in [2.45, 2.75) is 19.4 Å². The SMILES string of the molecule is CC(C)(O)CNc1cc(Cl)c(Cl)cc1N. The standard InChI is InChI=1S/C10H14Cl2N2O/c1-10(2,15)5-14-9-4-7(12)6(11)3-8(9)13/h3-4,14-15H,5,13H2,1-2H3. The second-order valence-electron chi connectivity index (χ2n) is 4.02. The molecule has 0 aliphatic heterocycles.